The molecule has 18 heavy (non-hydrogen) atoms. The average Bonchev–Trinajstić information content (AvgIpc) is 2.78. The minimum Gasteiger partial charge on any atom is -0.457 e. The number of halogens is 1. The predicted molar refractivity (Wildman–Crippen MR) is 68.9 cm³/mol. The van der Waals surface area contributed by atoms with Crippen LogP contribution in [0, 0.1) is 11.3 Å². The molecule has 6 heteroatoms. The van der Waals surface area contributed by atoms with E-state index in [4.69, 9.17) is 9.68 Å². The molecule has 0 radical (unpaired) electrons. The summed E-state index contributed by atoms with van der Waals surface area (Å²) in [7, 11) is 0. The topological polar surface area (TPSA) is 69.3 Å². The van der Waals surface area contributed by atoms with Crippen LogP contribution in [0.4, 0.5) is 0 Å². The molecule has 0 saturated carbocycles. The van der Waals surface area contributed by atoms with Gasteiger partial charge < -0.3 is 9.73 Å². The summed E-state index contributed by atoms with van der Waals surface area (Å²) in [6, 6.07) is 3.96. The number of rotatable bonds is 3. The van der Waals surface area contributed by atoms with Gasteiger partial charge in [-0.3, -0.25) is 9.69 Å². The Bertz CT molecular complexity index is 458. The zero-order chi connectivity index (χ0) is 13.0. The molecular weight excluding hydrogens is 298 g/mol. The number of likely N-dealkylation sites (tertiary alicyclic amines) is 1. The zero-order valence-corrected chi connectivity index (χ0v) is 11.4. The summed E-state index contributed by atoms with van der Waals surface area (Å²) in [6.07, 6.45) is 3.24. The smallest absolute Gasteiger partial charge is 0.255 e. The molecule has 1 aliphatic rings. The second-order valence-electron chi connectivity index (χ2n) is 4.29. The van der Waals surface area contributed by atoms with E-state index in [1.807, 2.05) is 0 Å². The Balaban J connectivity index is 1.84. The average molecular weight is 312 g/mol. The molecule has 96 valence electrons. The van der Waals surface area contributed by atoms with Crippen LogP contribution in [0.2, 0.25) is 0 Å². The maximum Gasteiger partial charge on any atom is 0.255 e. The molecule has 0 atom stereocenters. The van der Waals surface area contributed by atoms with Crippen molar-refractivity contribution in [3.63, 3.8) is 0 Å². The summed E-state index contributed by atoms with van der Waals surface area (Å²) < 4.78 is 5.50. The van der Waals surface area contributed by atoms with Crippen molar-refractivity contribution in [2.24, 2.45) is 0 Å². The molecule has 0 aromatic carbocycles. The van der Waals surface area contributed by atoms with E-state index in [9.17, 15) is 4.79 Å². The lowest BCUT2D eigenvalue weighted by atomic mass is 10.0. The Morgan fingerprint density at radius 2 is 2.33 bits per heavy atom. The van der Waals surface area contributed by atoms with Crippen molar-refractivity contribution >= 4 is 21.8 Å². The molecule has 1 amide bonds. The molecular formula is C12H14BrN3O2. The molecule has 0 bridgehead atoms. The third-order valence-corrected chi connectivity index (χ3v) is 3.69. The third-order valence-electron chi connectivity index (χ3n) is 3.08. The van der Waals surface area contributed by atoms with E-state index in [0.717, 1.165) is 25.9 Å². The normalized spacial score (nSPS) is 17.3. The largest absolute Gasteiger partial charge is 0.457 e. The van der Waals surface area contributed by atoms with E-state index in [1.54, 1.807) is 6.07 Å². The summed E-state index contributed by atoms with van der Waals surface area (Å²) in [4.78, 5) is 14.0. The molecule has 0 unspecified atom stereocenters. The van der Waals surface area contributed by atoms with E-state index in [2.05, 4.69) is 32.2 Å². The van der Waals surface area contributed by atoms with Crippen molar-refractivity contribution in [2.45, 2.75) is 18.9 Å². The zero-order valence-electron chi connectivity index (χ0n) is 9.86. The molecule has 1 fully saturated rings. The van der Waals surface area contributed by atoms with E-state index in [1.165, 1.54) is 6.26 Å². The third kappa shape index (κ3) is 3.12. The van der Waals surface area contributed by atoms with E-state index in [-0.39, 0.29) is 11.9 Å². The number of carbonyl (C=O) groups is 1. The Morgan fingerprint density at radius 3 is 2.89 bits per heavy atom. The number of carbonyl (C=O) groups excluding carboxylic acids is 1. The fourth-order valence-corrected chi connectivity index (χ4v) is 2.47. The lowest BCUT2D eigenvalue weighted by Crippen LogP contribution is -2.44. The van der Waals surface area contributed by atoms with Gasteiger partial charge in [-0.2, -0.15) is 5.26 Å². The van der Waals surface area contributed by atoms with E-state index >= 15 is 0 Å². The van der Waals surface area contributed by atoms with E-state index in [0.29, 0.717) is 16.8 Å². The van der Waals surface area contributed by atoms with Crippen molar-refractivity contribution in [1.29, 1.82) is 5.26 Å². The number of furan rings is 1. The highest BCUT2D eigenvalue weighted by atomic mass is 79.9. The van der Waals surface area contributed by atoms with Crippen molar-refractivity contribution in [2.75, 3.05) is 19.6 Å². The Hall–Kier alpha value is -1.32. The molecule has 0 spiro atoms. The Kier molecular flexibility index (Phi) is 4.39. The van der Waals surface area contributed by atoms with Gasteiger partial charge in [0.15, 0.2) is 4.67 Å². The first kappa shape index (κ1) is 13.1. The predicted octanol–water partition coefficient (Wildman–Crippen LogP) is 1.76. The summed E-state index contributed by atoms with van der Waals surface area (Å²) >= 11 is 3.19. The van der Waals surface area contributed by atoms with Crippen LogP contribution in [0.15, 0.2) is 21.4 Å². The first-order valence-electron chi connectivity index (χ1n) is 5.84. The molecule has 1 N–H and O–H groups in total. The maximum absolute atomic E-state index is 11.9. The molecule has 1 aliphatic heterocycles. The van der Waals surface area contributed by atoms with Gasteiger partial charge in [0.1, 0.15) is 0 Å². The quantitative estimate of drug-likeness (QED) is 0.864. The minimum atomic E-state index is -0.116. The van der Waals surface area contributed by atoms with Gasteiger partial charge in [-0.1, -0.05) is 0 Å². The standard InChI is InChI=1S/C12H14BrN3O2/c13-11-10(3-8-18-11)12(17)15-9-1-5-16(6-2-9)7-4-14/h3,8-9H,1-2,5-7H2,(H,15,17). The van der Waals surface area contributed by atoms with Crippen molar-refractivity contribution in [1.82, 2.24) is 10.2 Å². The van der Waals surface area contributed by atoms with Crippen LogP contribution in [-0.4, -0.2) is 36.5 Å². The highest BCUT2D eigenvalue weighted by molar-refractivity contribution is 9.10. The van der Waals surface area contributed by atoms with Gasteiger partial charge in [-0.15, -0.1) is 0 Å². The van der Waals surface area contributed by atoms with Crippen molar-refractivity contribution in [3.8, 4) is 6.07 Å². The van der Waals surface area contributed by atoms with Gasteiger partial charge in [0.05, 0.1) is 24.4 Å². The lowest BCUT2D eigenvalue weighted by molar-refractivity contribution is 0.0912. The van der Waals surface area contributed by atoms with Crippen LogP contribution in [0.25, 0.3) is 0 Å². The van der Waals surface area contributed by atoms with Gasteiger partial charge in [-0.05, 0) is 34.8 Å². The highest BCUT2D eigenvalue weighted by Crippen LogP contribution is 2.18. The summed E-state index contributed by atoms with van der Waals surface area (Å²) in [5, 5.41) is 11.6. The number of amides is 1. The van der Waals surface area contributed by atoms with Gasteiger partial charge >= 0.3 is 0 Å². The SMILES string of the molecule is N#CCN1CCC(NC(=O)c2ccoc2Br)CC1. The summed E-state index contributed by atoms with van der Waals surface area (Å²) in [6.45, 7) is 2.17. The number of hydrogen-bond acceptors (Lipinski definition) is 4. The fraction of sp³-hybridized carbons (Fsp3) is 0.500. The summed E-state index contributed by atoms with van der Waals surface area (Å²) in [5.41, 5.74) is 0.523. The Morgan fingerprint density at radius 1 is 1.61 bits per heavy atom. The van der Waals surface area contributed by atoms with Crippen LogP contribution in [0.5, 0.6) is 0 Å². The highest BCUT2D eigenvalue weighted by Gasteiger charge is 2.22. The molecule has 5 nitrogen and oxygen atoms in total. The second kappa shape index (κ2) is 6.03. The van der Waals surface area contributed by atoms with Crippen LogP contribution < -0.4 is 5.32 Å². The van der Waals surface area contributed by atoms with Crippen molar-refractivity contribution in [3.05, 3.63) is 22.6 Å². The number of hydrogen-bond donors (Lipinski definition) is 1. The van der Waals surface area contributed by atoms with Crippen LogP contribution in [0.1, 0.15) is 23.2 Å². The monoisotopic (exact) mass is 311 g/mol. The van der Waals surface area contributed by atoms with Crippen LogP contribution >= 0.6 is 15.9 Å². The number of nitriles is 1. The van der Waals surface area contributed by atoms with Gasteiger partial charge in [0.25, 0.3) is 5.91 Å². The molecule has 0 aliphatic carbocycles. The lowest BCUT2D eigenvalue weighted by Gasteiger charge is -2.30. The van der Waals surface area contributed by atoms with Crippen molar-refractivity contribution < 1.29 is 9.21 Å². The van der Waals surface area contributed by atoms with Gasteiger partial charge in [-0.25, -0.2) is 0 Å². The number of nitrogens with one attached hydrogen (secondary N) is 1. The second-order valence-corrected chi connectivity index (χ2v) is 5.01. The first-order valence-corrected chi connectivity index (χ1v) is 6.63. The molecule has 1 aromatic rings. The van der Waals surface area contributed by atoms with Crippen LogP contribution in [-0.2, 0) is 0 Å². The van der Waals surface area contributed by atoms with Gasteiger partial charge in [0.2, 0.25) is 0 Å². The molecule has 1 aromatic heterocycles. The Labute approximate surface area is 114 Å². The fourth-order valence-electron chi connectivity index (χ4n) is 2.05. The summed E-state index contributed by atoms with van der Waals surface area (Å²) in [5.74, 6) is -0.116. The number of nitrogens with zero attached hydrogens (tertiary/aromatic N) is 2. The molecule has 2 rings (SSSR count). The van der Waals surface area contributed by atoms with E-state index < -0.39 is 0 Å². The van der Waals surface area contributed by atoms with Crippen LogP contribution in [0.3, 0.4) is 0 Å². The minimum absolute atomic E-state index is 0.116. The maximum atomic E-state index is 11.9. The van der Waals surface area contributed by atoms with Gasteiger partial charge in [0, 0.05) is 19.1 Å². The molecule has 1 saturated heterocycles. The molecule has 2 heterocycles. The number of piperidine rings is 1. The first-order chi connectivity index (χ1) is 8.70.